The lowest BCUT2D eigenvalue weighted by Crippen LogP contribution is -2.39. The van der Waals surface area contributed by atoms with Crippen LogP contribution in [0.15, 0.2) is 86.2 Å². The number of rotatable bonds is 8. The van der Waals surface area contributed by atoms with Crippen molar-refractivity contribution in [1.29, 1.82) is 0 Å². The Morgan fingerprint density at radius 3 is 2.52 bits per heavy atom. The van der Waals surface area contributed by atoms with Gasteiger partial charge in [-0.05, 0) is 73.0 Å². The Bertz CT molecular complexity index is 1880. The molecule has 0 aliphatic carbocycles. The van der Waals surface area contributed by atoms with E-state index in [9.17, 15) is 9.59 Å². The monoisotopic (exact) mass is 686 g/mol. The minimum Gasteiger partial charge on any atom is -0.493 e. The number of hydrogen-bond acceptors (Lipinski definition) is 7. The Kier molecular flexibility index (Phi) is 9.22. The molecule has 0 fully saturated rings. The van der Waals surface area contributed by atoms with Gasteiger partial charge in [-0.1, -0.05) is 74.7 Å². The van der Waals surface area contributed by atoms with E-state index in [4.69, 9.17) is 37.4 Å². The lowest BCUT2D eigenvalue weighted by molar-refractivity contribution is -0.139. The number of benzene rings is 3. The lowest BCUT2D eigenvalue weighted by atomic mass is 9.96. The third kappa shape index (κ3) is 6.20. The molecule has 0 N–H and O–H groups in total. The summed E-state index contributed by atoms with van der Waals surface area (Å²) in [5.74, 6) is 0.541. The van der Waals surface area contributed by atoms with E-state index < -0.39 is 12.0 Å². The molecule has 4 aromatic rings. The second-order valence-electron chi connectivity index (χ2n) is 9.30. The molecule has 11 heteroatoms. The van der Waals surface area contributed by atoms with Crippen LogP contribution in [0.2, 0.25) is 10.0 Å². The molecular formula is C31H25BrCl2N2O5S. The molecule has 0 saturated carbocycles. The summed E-state index contributed by atoms with van der Waals surface area (Å²) in [6.45, 7) is 3.98. The van der Waals surface area contributed by atoms with Crippen molar-refractivity contribution < 1.29 is 19.0 Å². The maximum absolute atomic E-state index is 13.9. The van der Waals surface area contributed by atoms with E-state index in [2.05, 4.69) is 20.9 Å². The van der Waals surface area contributed by atoms with Crippen LogP contribution in [-0.2, 0) is 16.1 Å². The summed E-state index contributed by atoms with van der Waals surface area (Å²) in [5, 5.41) is 0.927. The number of ether oxygens (including phenoxy) is 3. The van der Waals surface area contributed by atoms with Crippen LogP contribution in [0, 0.1) is 0 Å². The molecule has 5 rings (SSSR count). The van der Waals surface area contributed by atoms with E-state index in [1.165, 1.54) is 11.3 Å². The van der Waals surface area contributed by atoms with E-state index in [-0.39, 0.29) is 18.8 Å². The van der Waals surface area contributed by atoms with Gasteiger partial charge in [0.05, 0.1) is 45.6 Å². The third-order valence-corrected chi connectivity index (χ3v) is 8.82. The zero-order chi connectivity index (χ0) is 30.0. The zero-order valence-electron chi connectivity index (χ0n) is 22.8. The van der Waals surface area contributed by atoms with Crippen LogP contribution in [0.1, 0.15) is 36.6 Å². The topological polar surface area (TPSA) is 79.1 Å². The summed E-state index contributed by atoms with van der Waals surface area (Å²) in [6.07, 6.45) is 1.77. The molecule has 0 amide bonds. The van der Waals surface area contributed by atoms with Crippen LogP contribution >= 0.6 is 50.5 Å². The minimum absolute atomic E-state index is 0.210. The van der Waals surface area contributed by atoms with Crippen molar-refractivity contribution in [3.05, 3.63) is 123 Å². The SMILES string of the molecule is CCOC(=O)C1=C(C)N=c2s/c(=C\c3ccc(OCc4ccc(Cl)c(Cl)c4)c(OC)c3)c(=O)n2[C@H]1c1ccc(Br)cc1. The fourth-order valence-corrected chi connectivity index (χ4v) is 6.22. The summed E-state index contributed by atoms with van der Waals surface area (Å²) in [5.41, 5.74) is 2.95. The van der Waals surface area contributed by atoms with Gasteiger partial charge in [0, 0.05) is 4.47 Å². The second-order valence-corrected chi connectivity index (χ2v) is 12.0. The molecule has 42 heavy (non-hydrogen) atoms. The minimum atomic E-state index is -0.678. The number of carbonyl (C=O) groups excluding carboxylic acids is 1. The van der Waals surface area contributed by atoms with Crippen LogP contribution in [0.4, 0.5) is 0 Å². The Balaban J connectivity index is 1.52. The summed E-state index contributed by atoms with van der Waals surface area (Å²) >= 11 is 16.8. The molecule has 0 saturated heterocycles. The summed E-state index contributed by atoms with van der Waals surface area (Å²) in [7, 11) is 1.55. The highest BCUT2D eigenvalue weighted by Gasteiger charge is 2.33. The number of esters is 1. The number of halogens is 3. The predicted molar refractivity (Wildman–Crippen MR) is 168 cm³/mol. The number of hydrogen-bond donors (Lipinski definition) is 0. The maximum atomic E-state index is 13.9. The number of fused-ring (bicyclic) bond motifs is 1. The first kappa shape index (κ1) is 30.1. The number of aromatic nitrogens is 1. The summed E-state index contributed by atoms with van der Waals surface area (Å²) < 4.78 is 19.8. The van der Waals surface area contributed by atoms with Crippen LogP contribution in [-0.4, -0.2) is 24.3 Å². The lowest BCUT2D eigenvalue weighted by Gasteiger charge is -2.24. The highest BCUT2D eigenvalue weighted by molar-refractivity contribution is 9.10. The average molecular weight is 688 g/mol. The Morgan fingerprint density at radius 1 is 1.07 bits per heavy atom. The molecule has 7 nitrogen and oxygen atoms in total. The molecular weight excluding hydrogens is 663 g/mol. The fourth-order valence-electron chi connectivity index (χ4n) is 4.59. The Morgan fingerprint density at radius 2 is 1.83 bits per heavy atom. The maximum Gasteiger partial charge on any atom is 0.338 e. The van der Waals surface area contributed by atoms with E-state index in [1.54, 1.807) is 55.9 Å². The van der Waals surface area contributed by atoms with Gasteiger partial charge < -0.3 is 14.2 Å². The van der Waals surface area contributed by atoms with Gasteiger partial charge in [-0.3, -0.25) is 9.36 Å². The van der Waals surface area contributed by atoms with Crippen molar-refractivity contribution in [3.8, 4) is 11.5 Å². The van der Waals surface area contributed by atoms with Gasteiger partial charge in [0.1, 0.15) is 6.61 Å². The van der Waals surface area contributed by atoms with Crippen molar-refractivity contribution >= 4 is 62.5 Å². The smallest absolute Gasteiger partial charge is 0.338 e. The fraction of sp³-hybridized carbons (Fsp3) is 0.194. The quantitative estimate of drug-likeness (QED) is 0.199. The van der Waals surface area contributed by atoms with Crippen LogP contribution < -0.4 is 24.4 Å². The highest BCUT2D eigenvalue weighted by atomic mass is 79.9. The average Bonchev–Trinajstić information content (AvgIpc) is 3.27. The molecule has 216 valence electrons. The first-order chi connectivity index (χ1) is 20.2. The van der Waals surface area contributed by atoms with Crippen LogP contribution in [0.5, 0.6) is 11.5 Å². The van der Waals surface area contributed by atoms with Gasteiger partial charge in [0.15, 0.2) is 16.3 Å². The largest absolute Gasteiger partial charge is 0.493 e. The van der Waals surface area contributed by atoms with Gasteiger partial charge in [-0.25, -0.2) is 9.79 Å². The Labute approximate surface area is 264 Å². The van der Waals surface area contributed by atoms with Gasteiger partial charge >= 0.3 is 5.97 Å². The number of carbonyl (C=O) groups is 1. The van der Waals surface area contributed by atoms with Crippen LogP contribution in [0.3, 0.4) is 0 Å². The number of nitrogens with zero attached hydrogens (tertiary/aromatic N) is 2. The van der Waals surface area contributed by atoms with Crippen LogP contribution in [0.25, 0.3) is 6.08 Å². The van der Waals surface area contributed by atoms with Crippen molar-refractivity contribution in [3.63, 3.8) is 0 Å². The van der Waals surface area contributed by atoms with Crippen molar-refractivity contribution in [2.45, 2.75) is 26.5 Å². The number of allylic oxidation sites excluding steroid dienone is 1. The van der Waals surface area contributed by atoms with Crippen molar-refractivity contribution in [2.75, 3.05) is 13.7 Å². The predicted octanol–water partition coefficient (Wildman–Crippen LogP) is 6.46. The second kappa shape index (κ2) is 12.9. The first-order valence-corrected chi connectivity index (χ1v) is 15.3. The normalized spacial score (nSPS) is 14.8. The number of thiazole rings is 1. The summed E-state index contributed by atoms with van der Waals surface area (Å²) in [6, 6.07) is 17.6. The molecule has 0 unspecified atom stereocenters. The first-order valence-electron chi connectivity index (χ1n) is 12.9. The van der Waals surface area contributed by atoms with Crippen molar-refractivity contribution in [2.24, 2.45) is 4.99 Å². The van der Waals surface area contributed by atoms with E-state index in [0.29, 0.717) is 42.1 Å². The number of methoxy groups -OCH3 is 1. The Hall–Kier alpha value is -3.37. The van der Waals surface area contributed by atoms with Gasteiger partial charge in [-0.15, -0.1) is 0 Å². The van der Waals surface area contributed by atoms with E-state index in [0.717, 1.165) is 21.2 Å². The summed E-state index contributed by atoms with van der Waals surface area (Å²) in [4.78, 5) is 32.0. The third-order valence-electron chi connectivity index (χ3n) is 6.57. The van der Waals surface area contributed by atoms with Crippen molar-refractivity contribution in [1.82, 2.24) is 4.57 Å². The molecule has 1 aliphatic heterocycles. The molecule has 0 spiro atoms. The highest BCUT2D eigenvalue weighted by Crippen LogP contribution is 2.32. The molecule has 1 atom stereocenters. The molecule has 1 aromatic heterocycles. The molecule has 2 heterocycles. The van der Waals surface area contributed by atoms with Gasteiger partial charge in [0.25, 0.3) is 5.56 Å². The molecule has 0 bridgehead atoms. The van der Waals surface area contributed by atoms with Gasteiger partial charge in [-0.2, -0.15) is 0 Å². The van der Waals surface area contributed by atoms with Gasteiger partial charge in [0.2, 0.25) is 0 Å². The van der Waals surface area contributed by atoms with E-state index >= 15 is 0 Å². The molecule has 1 aliphatic rings. The molecule has 3 aromatic carbocycles. The molecule has 0 radical (unpaired) electrons. The van der Waals surface area contributed by atoms with E-state index in [1.807, 2.05) is 36.4 Å². The zero-order valence-corrected chi connectivity index (χ0v) is 26.7. The standard InChI is InChI=1S/C31H25BrCl2N2O5S/c1-4-40-30(38)27-17(2)35-31-36(28(27)20-7-9-21(32)10-8-20)29(37)26(42-31)15-18-6-12-24(25(14-18)39-3)41-16-19-5-11-22(33)23(34)13-19/h5-15,28H,4,16H2,1-3H3/b26-15-/t28-/m0/s1.